The van der Waals surface area contributed by atoms with Crippen molar-refractivity contribution in [3.63, 3.8) is 0 Å². The van der Waals surface area contributed by atoms with Gasteiger partial charge in [-0.25, -0.2) is 28.8 Å². The van der Waals surface area contributed by atoms with E-state index in [-0.39, 0.29) is 0 Å². The minimum Gasteiger partial charge on any atom is -0.518 e. The molecule has 0 aromatic heterocycles. The Bertz CT molecular complexity index is 423. The van der Waals surface area contributed by atoms with Crippen LogP contribution in [-0.4, -0.2) is 67.4 Å². The van der Waals surface area contributed by atoms with Crippen LogP contribution in [0.2, 0.25) is 0 Å². The second-order valence-corrected chi connectivity index (χ2v) is 3.78. The van der Waals surface area contributed by atoms with Crippen molar-refractivity contribution in [2.24, 2.45) is 0 Å². The highest BCUT2D eigenvalue weighted by Gasteiger charge is 2.52. The molecule has 0 heterocycles. The predicted octanol–water partition coefficient (Wildman–Crippen LogP) is 0.465. The van der Waals surface area contributed by atoms with Crippen LogP contribution in [0.25, 0.3) is 0 Å². The SMILES string of the molecule is O=C(O)OC(=O)[O][Al]([O]C(=O)OC(=O)O)[O]C(=O)OC(=O)O. The summed E-state index contributed by atoms with van der Waals surface area (Å²) in [6, 6.07) is 0. The van der Waals surface area contributed by atoms with Crippen molar-refractivity contribution >= 4 is 52.1 Å². The Morgan fingerprint density at radius 1 is 0.545 bits per heavy atom. The Balaban J connectivity index is 4.74. The van der Waals surface area contributed by atoms with E-state index in [1.54, 1.807) is 0 Å². The molecule has 3 N–H and O–H groups in total. The summed E-state index contributed by atoms with van der Waals surface area (Å²) in [4.78, 5) is 62.3. The zero-order valence-corrected chi connectivity index (χ0v) is 11.0. The third kappa shape index (κ3) is 9.65. The summed E-state index contributed by atoms with van der Waals surface area (Å²) < 4.78 is 22.0. The molecule has 0 unspecified atom stereocenters. The van der Waals surface area contributed by atoms with Crippen molar-refractivity contribution in [3.8, 4) is 0 Å². The average Bonchev–Trinajstić information content (AvgIpc) is 2.23. The van der Waals surface area contributed by atoms with E-state index < -0.39 is 52.1 Å². The first-order chi connectivity index (χ1) is 10.1. The minimum atomic E-state index is -4.30. The number of carbonyl (C=O) groups is 6. The van der Waals surface area contributed by atoms with E-state index in [4.69, 9.17) is 15.3 Å². The fourth-order valence-electron chi connectivity index (χ4n) is 0.594. The molecule has 0 rings (SSSR count). The Morgan fingerprint density at radius 2 is 0.773 bits per heavy atom. The molecular weight excluding hydrogens is 339 g/mol. The van der Waals surface area contributed by atoms with Gasteiger partial charge in [-0.15, -0.1) is 0 Å². The molecule has 15 nitrogen and oxygen atoms in total. The van der Waals surface area contributed by atoms with Crippen LogP contribution in [0.1, 0.15) is 0 Å². The second-order valence-electron chi connectivity index (χ2n) is 2.50. The second kappa shape index (κ2) is 8.83. The van der Waals surface area contributed by atoms with E-state index in [1.165, 1.54) is 0 Å². The first-order valence-corrected chi connectivity index (χ1v) is 5.85. The first-order valence-electron chi connectivity index (χ1n) is 4.44. The molecule has 0 saturated carbocycles. The number of hydrogen-bond acceptors (Lipinski definition) is 12. The first kappa shape index (κ1) is 18.8. The highest BCUT2D eigenvalue weighted by Crippen LogP contribution is 2.01. The number of rotatable bonds is 3. The van der Waals surface area contributed by atoms with Gasteiger partial charge in [0.05, 0.1) is 0 Å². The Hall–Kier alpha value is -3.25. The van der Waals surface area contributed by atoms with Crippen molar-refractivity contribution in [1.29, 1.82) is 0 Å². The van der Waals surface area contributed by atoms with Crippen molar-refractivity contribution in [2.75, 3.05) is 0 Å². The van der Waals surface area contributed by atoms with Crippen LogP contribution in [0.4, 0.5) is 28.8 Å². The van der Waals surface area contributed by atoms with Gasteiger partial charge in [-0.1, -0.05) is 0 Å². The van der Waals surface area contributed by atoms with Crippen LogP contribution in [0, 0.1) is 0 Å². The summed E-state index contributed by atoms with van der Waals surface area (Å²) in [5.41, 5.74) is 0. The van der Waals surface area contributed by atoms with Crippen LogP contribution < -0.4 is 0 Å². The molecule has 0 spiro atoms. The number of hydrogen-bond donors (Lipinski definition) is 3. The van der Waals surface area contributed by atoms with Gasteiger partial charge in [0, 0.05) is 0 Å². The van der Waals surface area contributed by atoms with Crippen molar-refractivity contribution in [1.82, 2.24) is 0 Å². The van der Waals surface area contributed by atoms with Gasteiger partial charge in [0.1, 0.15) is 0 Å². The number of carboxylic acid groups (broad SMARTS) is 3. The third-order valence-electron chi connectivity index (χ3n) is 1.09. The molecule has 0 fully saturated rings. The van der Waals surface area contributed by atoms with Gasteiger partial charge in [-0.05, 0) is 0 Å². The molecule has 0 saturated heterocycles. The van der Waals surface area contributed by atoms with Crippen LogP contribution in [-0.2, 0) is 25.6 Å². The normalized spacial score (nSPS) is 8.73. The smallest absolute Gasteiger partial charge is 0.518 e. The van der Waals surface area contributed by atoms with Gasteiger partial charge in [0.25, 0.3) is 0 Å². The zero-order chi connectivity index (χ0) is 17.3. The van der Waals surface area contributed by atoms with Crippen LogP contribution in [0.5, 0.6) is 0 Å². The summed E-state index contributed by atoms with van der Waals surface area (Å²) in [6.07, 6.45) is -12.5. The molecule has 16 heteroatoms. The molecule has 22 heavy (non-hydrogen) atoms. The molecule has 0 aromatic carbocycles. The average molecular weight is 342 g/mol. The predicted molar refractivity (Wildman–Crippen MR) is 52.5 cm³/mol. The molecule has 0 aliphatic rings. The molecule has 0 aromatic rings. The highest BCUT2D eigenvalue weighted by atomic mass is 27.3. The molecule has 0 amide bonds. The maximum Gasteiger partial charge on any atom is 1.21 e. The minimum absolute atomic E-state index is 2.02. The van der Waals surface area contributed by atoms with E-state index in [1.807, 2.05) is 0 Å². The summed E-state index contributed by atoms with van der Waals surface area (Å²) in [5, 5.41) is 24.2. The van der Waals surface area contributed by atoms with E-state index in [0.29, 0.717) is 0 Å². The van der Waals surface area contributed by atoms with Crippen LogP contribution >= 0.6 is 0 Å². The van der Waals surface area contributed by atoms with Gasteiger partial charge in [0.15, 0.2) is 0 Å². The van der Waals surface area contributed by atoms with E-state index >= 15 is 0 Å². The lowest BCUT2D eigenvalue weighted by atomic mass is 11.3. The zero-order valence-electron chi connectivity index (χ0n) is 9.82. The van der Waals surface area contributed by atoms with Crippen molar-refractivity contribution in [3.05, 3.63) is 0 Å². The summed E-state index contributed by atoms with van der Waals surface area (Å²) in [6.45, 7) is 0. The maximum absolute atomic E-state index is 10.8. The topological polar surface area (TPSA) is 218 Å². The highest BCUT2D eigenvalue weighted by molar-refractivity contribution is 6.43. The molecule has 0 bridgehead atoms. The Morgan fingerprint density at radius 3 is 0.955 bits per heavy atom. The van der Waals surface area contributed by atoms with Gasteiger partial charge in [0.2, 0.25) is 0 Å². The Kier molecular flexibility index (Phi) is 7.53. The van der Waals surface area contributed by atoms with Gasteiger partial charge >= 0.3 is 52.1 Å². The fraction of sp³-hybridized carbons (Fsp3) is 0. The lowest BCUT2D eigenvalue weighted by Gasteiger charge is -2.10. The molecular formula is C6H3AlO15. The van der Waals surface area contributed by atoms with Crippen molar-refractivity contribution < 1.29 is 69.7 Å². The lowest BCUT2D eigenvalue weighted by molar-refractivity contribution is 0.0439. The molecule has 120 valence electrons. The standard InChI is InChI=1S/3C2H2O5.Al/c3*3-1(4)7-2(5)6;/h3*(H,3,4)(H,5,6);/q;;;+3/p-3. The number of ether oxygens (including phenoxy) is 3. The van der Waals surface area contributed by atoms with Gasteiger partial charge < -0.3 is 40.9 Å². The quantitative estimate of drug-likeness (QED) is 0.274. The number of carbonyl (C=O) groups excluding carboxylic acids is 3. The van der Waals surface area contributed by atoms with E-state index in [0.717, 1.165) is 0 Å². The molecule has 0 aliphatic carbocycles. The maximum atomic E-state index is 10.8. The lowest BCUT2D eigenvalue weighted by Crippen LogP contribution is -2.36. The summed E-state index contributed by atoms with van der Waals surface area (Å²) >= 11 is -4.30. The molecule has 0 atom stereocenters. The molecule has 0 aliphatic heterocycles. The molecule has 0 radical (unpaired) electrons. The largest absolute Gasteiger partial charge is 1.21 e. The summed E-state index contributed by atoms with van der Waals surface area (Å²) in [7, 11) is 0. The van der Waals surface area contributed by atoms with Gasteiger partial charge in [-0.2, -0.15) is 0 Å². The van der Waals surface area contributed by atoms with E-state index in [2.05, 4.69) is 25.6 Å². The van der Waals surface area contributed by atoms with Gasteiger partial charge in [-0.3, -0.25) is 0 Å². The van der Waals surface area contributed by atoms with Crippen LogP contribution in [0.15, 0.2) is 0 Å². The summed E-state index contributed by atoms with van der Waals surface area (Å²) in [5.74, 6) is 0. The van der Waals surface area contributed by atoms with Crippen LogP contribution in [0.3, 0.4) is 0 Å². The van der Waals surface area contributed by atoms with Crippen molar-refractivity contribution in [2.45, 2.75) is 0 Å². The van der Waals surface area contributed by atoms with E-state index in [9.17, 15) is 28.8 Å². The fourth-order valence-corrected chi connectivity index (χ4v) is 1.35. The monoisotopic (exact) mass is 342 g/mol. The Labute approximate surface area is 122 Å². The third-order valence-corrected chi connectivity index (χ3v) is 2.24.